The van der Waals surface area contributed by atoms with E-state index in [9.17, 15) is 9.59 Å². The summed E-state index contributed by atoms with van der Waals surface area (Å²) in [5, 5.41) is 0. The summed E-state index contributed by atoms with van der Waals surface area (Å²) >= 11 is 0. The molecule has 3 aromatic rings. The van der Waals surface area contributed by atoms with Gasteiger partial charge in [0.1, 0.15) is 11.1 Å². The van der Waals surface area contributed by atoms with Gasteiger partial charge in [0.05, 0.1) is 0 Å². The largest absolute Gasteiger partial charge is 0.326 e. The highest BCUT2D eigenvalue weighted by molar-refractivity contribution is 5.81. The minimum atomic E-state index is -0.492. The van der Waals surface area contributed by atoms with Crippen LogP contribution in [0, 0.1) is 11.8 Å². The van der Waals surface area contributed by atoms with Gasteiger partial charge in [-0.15, -0.1) is 0 Å². The highest BCUT2D eigenvalue weighted by Crippen LogP contribution is 2.53. The molecular weight excluding hydrogens is 592 g/mol. The number of pyridine rings is 2. The lowest BCUT2D eigenvalue weighted by Crippen LogP contribution is -2.40. The summed E-state index contributed by atoms with van der Waals surface area (Å²) in [7, 11) is 0. The van der Waals surface area contributed by atoms with Gasteiger partial charge in [0.2, 0.25) is 11.1 Å². The van der Waals surface area contributed by atoms with Crippen molar-refractivity contribution in [1.29, 1.82) is 0 Å². The molecule has 0 saturated heterocycles. The highest BCUT2D eigenvalue weighted by Gasteiger charge is 2.47. The number of hydrogen-bond acceptors (Lipinski definition) is 4. The van der Waals surface area contributed by atoms with E-state index in [2.05, 4.69) is 98.4 Å². The number of rotatable bonds is 6. The molecule has 4 aliphatic rings. The fourth-order valence-corrected chi connectivity index (χ4v) is 8.67. The third-order valence-corrected chi connectivity index (χ3v) is 10.4. The molecule has 4 bridgehead atoms. The Labute approximate surface area is 281 Å². The fourth-order valence-electron chi connectivity index (χ4n) is 8.67. The molecule has 4 unspecified atom stereocenters. The number of fused-ring (bicyclic) bond motifs is 8. The molecule has 0 fully saturated rings. The quantitative estimate of drug-likeness (QED) is 0.213. The molecule has 2 N–H and O–H groups in total. The fraction of sp³-hybridized carbons (Fsp3) is 0.286. The van der Waals surface area contributed by atoms with Gasteiger partial charge in [0.15, 0.2) is 0 Å². The van der Waals surface area contributed by atoms with Gasteiger partial charge < -0.3 is 9.97 Å². The molecule has 1 aromatic carbocycles. The SMILES string of the molecule is C/C=C1\C2C=C(C)CC1(N=C/C=C/c1ccc(/C=C/C=NC34CC(C)=CC(Cc5[nH]c(=O)ccc53)/C4=C\C)cc1)c1ccc(=O)[nH]c1C2. The first kappa shape index (κ1) is 31.5. The van der Waals surface area contributed by atoms with Crippen LogP contribution in [-0.2, 0) is 23.9 Å². The molecule has 0 spiro atoms. The maximum absolute atomic E-state index is 12.1. The first-order valence-corrected chi connectivity index (χ1v) is 16.9. The molecular formula is C42H42N4O2. The number of hydrogen-bond donors (Lipinski definition) is 2. The summed E-state index contributed by atoms with van der Waals surface area (Å²) in [5.74, 6) is 0.492. The van der Waals surface area contributed by atoms with Gasteiger partial charge >= 0.3 is 0 Å². The van der Waals surface area contributed by atoms with E-state index in [-0.39, 0.29) is 23.0 Å². The molecule has 0 amide bonds. The van der Waals surface area contributed by atoms with Crippen LogP contribution in [0.5, 0.6) is 0 Å². The van der Waals surface area contributed by atoms with Crippen LogP contribution in [0.15, 0.2) is 127 Å². The van der Waals surface area contributed by atoms with Crippen LogP contribution >= 0.6 is 0 Å². The van der Waals surface area contributed by atoms with Crippen LogP contribution in [0.2, 0.25) is 0 Å². The van der Waals surface area contributed by atoms with Gasteiger partial charge in [-0.2, -0.15) is 0 Å². The summed E-state index contributed by atoms with van der Waals surface area (Å²) in [6.07, 6.45) is 24.2. The Morgan fingerprint density at radius 3 is 1.46 bits per heavy atom. The number of nitrogens with zero attached hydrogens (tertiary/aromatic N) is 2. The summed E-state index contributed by atoms with van der Waals surface area (Å²) in [5.41, 5.74) is 10.5. The lowest BCUT2D eigenvalue weighted by atomic mass is 9.63. The van der Waals surface area contributed by atoms with E-state index in [1.807, 2.05) is 36.7 Å². The third kappa shape index (κ3) is 5.49. The van der Waals surface area contributed by atoms with Gasteiger partial charge in [0.25, 0.3) is 0 Å². The monoisotopic (exact) mass is 634 g/mol. The standard InChI is InChI=1S/C42H42N4O2/c1-5-33-31-21-27(3)25-41(33,35-15-17-39(47)45-37(35)23-31)43-19-7-9-29-11-13-30(14-12-29)10-8-20-44-42-26-28(4)22-32(34(42)6-2)24-38-36(42)16-18-40(48)46-38/h5-22,31-32H,23-26H2,1-4H3,(H,45,47)(H,46,48)/b9-7+,10-8+,33-5+,34-6+,43-19?,44-20?. The summed E-state index contributed by atoms with van der Waals surface area (Å²) in [6.45, 7) is 8.55. The third-order valence-electron chi connectivity index (χ3n) is 10.4. The maximum atomic E-state index is 12.1. The Morgan fingerprint density at radius 1 is 0.646 bits per heavy atom. The second kappa shape index (κ2) is 12.5. The first-order valence-electron chi connectivity index (χ1n) is 16.9. The number of allylic oxidation sites excluding steroid dienone is 6. The zero-order valence-corrected chi connectivity index (χ0v) is 28.1. The Morgan fingerprint density at radius 2 is 1.06 bits per heavy atom. The van der Waals surface area contributed by atoms with Crippen molar-refractivity contribution in [3.05, 3.63) is 162 Å². The van der Waals surface area contributed by atoms with Crippen LogP contribution in [0.25, 0.3) is 12.2 Å². The molecule has 48 heavy (non-hydrogen) atoms. The number of H-pyrrole nitrogens is 2. The molecule has 6 nitrogen and oxygen atoms in total. The minimum absolute atomic E-state index is 0.0629. The van der Waals surface area contributed by atoms with Gasteiger partial charge in [-0.1, -0.05) is 71.9 Å². The van der Waals surface area contributed by atoms with Crippen molar-refractivity contribution in [2.24, 2.45) is 21.8 Å². The molecule has 0 aliphatic heterocycles. The molecule has 4 atom stereocenters. The van der Waals surface area contributed by atoms with Crippen LogP contribution in [0.1, 0.15) is 74.2 Å². The van der Waals surface area contributed by atoms with E-state index >= 15 is 0 Å². The lowest BCUT2D eigenvalue weighted by molar-refractivity contribution is 0.413. The van der Waals surface area contributed by atoms with Crippen molar-refractivity contribution in [3.8, 4) is 0 Å². The summed E-state index contributed by atoms with van der Waals surface area (Å²) in [4.78, 5) is 40.8. The number of aromatic amines is 2. The molecule has 242 valence electrons. The van der Waals surface area contributed by atoms with Gasteiger partial charge in [-0.25, -0.2) is 0 Å². The van der Waals surface area contributed by atoms with Crippen molar-refractivity contribution in [2.45, 2.75) is 64.5 Å². The van der Waals surface area contributed by atoms with E-state index in [0.717, 1.165) is 59.3 Å². The smallest absolute Gasteiger partial charge is 0.248 e. The number of nitrogens with one attached hydrogen (secondary N) is 2. The van der Waals surface area contributed by atoms with Crippen LogP contribution in [0.3, 0.4) is 0 Å². The molecule has 6 heteroatoms. The number of benzene rings is 1. The second-order valence-corrected chi connectivity index (χ2v) is 13.6. The molecule has 0 saturated carbocycles. The highest BCUT2D eigenvalue weighted by atomic mass is 16.1. The van der Waals surface area contributed by atoms with Crippen LogP contribution < -0.4 is 11.1 Å². The Bertz CT molecular complexity index is 1980. The van der Waals surface area contributed by atoms with Gasteiger partial charge in [0, 0.05) is 71.8 Å². The second-order valence-electron chi connectivity index (χ2n) is 13.6. The molecule has 2 heterocycles. The summed E-state index contributed by atoms with van der Waals surface area (Å²) < 4.78 is 0. The molecule has 7 rings (SSSR count). The minimum Gasteiger partial charge on any atom is -0.326 e. The van der Waals surface area contributed by atoms with Crippen molar-refractivity contribution in [2.75, 3.05) is 0 Å². The molecule has 0 radical (unpaired) electrons. The molecule has 4 aliphatic carbocycles. The molecule has 2 aromatic heterocycles. The van der Waals surface area contributed by atoms with Gasteiger partial charge in [-0.3, -0.25) is 19.6 Å². The first-order chi connectivity index (χ1) is 23.2. The lowest BCUT2D eigenvalue weighted by Gasteiger charge is -2.45. The average molecular weight is 635 g/mol. The zero-order valence-electron chi connectivity index (χ0n) is 28.1. The number of aromatic nitrogens is 2. The van der Waals surface area contributed by atoms with E-state index in [4.69, 9.17) is 9.98 Å². The number of aliphatic imine (C=N–C) groups is 2. The topological polar surface area (TPSA) is 90.4 Å². The van der Waals surface area contributed by atoms with Crippen molar-refractivity contribution >= 4 is 24.6 Å². The Kier molecular flexibility index (Phi) is 8.20. The van der Waals surface area contributed by atoms with Crippen LogP contribution in [-0.4, -0.2) is 22.4 Å². The van der Waals surface area contributed by atoms with Crippen LogP contribution in [0.4, 0.5) is 0 Å². The Hall–Kier alpha value is -5.10. The normalized spacial score (nSPS) is 28.0. The van der Waals surface area contributed by atoms with E-state index < -0.39 is 11.1 Å². The Balaban J connectivity index is 1.08. The predicted molar refractivity (Wildman–Crippen MR) is 198 cm³/mol. The van der Waals surface area contributed by atoms with Crippen molar-refractivity contribution < 1.29 is 0 Å². The summed E-state index contributed by atoms with van der Waals surface area (Å²) in [6, 6.07) is 15.6. The van der Waals surface area contributed by atoms with E-state index in [1.165, 1.54) is 22.3 Å². The zero-order chi connectivity index (χ0) is 33.5. The predicted octanol–water partition coefficient (Wildman–Crippen LogP) is 7.96. The van der Waals surface area contributed by atoms with Gasteiger partial charge in [-0.05, 0) is 87.1 Å². The average Bonchev–Trinajstić information content (AvgIpc) is 3.05. The van der Waals surface area contributed by atoms with E-state index in [0.29, 0.717) is 0 Å². The van der Waals surface area contributed by atoms with Crippen molar-refractivity contribution in [1.82, 2.24) is 9.97 Å². The maximum Gasteiger partial charge on any atom is 0.248 e. The van der Waals surface area contributed by atoms with E-state index in [1.54, 1.807) is 12.1 Å². The van der Waals surface area contributed by atoms with Crippen molar-refractivity contribution in [3.63, 3.8) is 0 Å².